The van der Waals surface area contributed by atoms with E-state index in [4.69, 9.17) is 4.74 Å². The molecule has 0 saturated carbocycles. The number of carbonyl (C=O) groups excluding carboxylic acids is 2. The number of anilines is 1. The molecule has 0 fully saturated rings. The molecule has 2 amide bonds. The van der Waals surface area contributed by atoms with Gasteiger partial charge in [0, 0.05) is 5.54 Å². The van der Waals surface area contributed by atoms with Crippen LogP contribution in [0, 0.1) is 0 Å². The van der Waals surface area contributed by atoms with Crippen molar-refractivity contribution in [3.8, 4) is 5.75 Å². The number of ether oxygens (including phenoxy) is 1. The van der Waals surface area contributed by atoms with Crippen LogP contribution in [0.25, 0.3) is 0 Å². The van der Waals surface area contributed by atoms with Crippen LogP contribution < -0.4 is 15.4 Å². The fraction of sp³-hybridized carbons (Fsp3) is 0.364. The van der Waals surface area contributed by atoms with Gasteiger partial charge < -0.3 is 15.4 Å². The summed E-state index contributed by atoms with van der Waals surface area (Å²) in [6.07, 6.45) is 0.250. The second-order valence-corrected chi connectivity index (χ2v) is 7.50. The average molecular weight is 368 g/mol. The van der Waals surface area contributed by atoms with Gasteiger partial charge in [0.25, 0.3) is 11.8 Å². The predicted molar refractivity (Wildman–Crippen MR) is 108 cm³/mol. The molecule has 0 unspecified atom stereocenters. The molecule has 5 heteroatoms. The van der Waals surface area contributed by atoms with E-state index in [2.05, 4.69) is 17.6 Å². The van der Waals surface area contributed by atoms with Gasteiger partial charge in [-0.2, -0.15) is 0 Å². The van der Waals surface area contributed by atoms with Crippen molar-refractivity contribution in [2.45, 2.75) is 52.7 Å². The van der Waals surface area contributed by atoms with Gasteiger partial charge in [-0.25, -0.2) is 0 Å². The fourth-order valence-electron chi connectivity index (χ4n) is 2.49. The van der Waals surface area contributed by atoms with Crippen LogP contribution in [0.4, 0.5) is 5.69 Å². The van der Waals surface area contributed by atoms with Gasteiger partial charge in [0.1, 0.15) is 5.75 Å². The monoisotopic (exact) mass is 368 g/mol. The first-order chi connectivity index (χ1) is 12.7. The molecule has 144 valence electrons. The molecule has 5 nitrogen and oxygen atoms in total. The molecule has 0 saturated heterocycles. The highest BCUT2D eigenvalue weighted by molar-refractivity contribution is 6.04. The normalized spacial score (nSPS) is 12.2. The minimum absolute atomic E-state index is 0.234. The molecule has 1 atom stereocenters. The Kier molecular flexibility index (Phi) is 6.61. The molecule has 2 aromatic carbocycles. The second kappa shape index (κ2) is 8.71. The number of carbonyl (C=O) groups is 2. The van der Waals surface area contributed by atoms with Gasteiger partial charge in [-0.1, -0.05) is 31.2 Å². The first-order valence-electron chi connectivity index (χ1n) is 9.17. The number of amides is 2. The minimum atomic E-state index is -0.698. The Morgan fingerprint density at radius 2 is 1.67 bits per heavy atom. The van der Waals surface area contributed by atoms with Gasteiger partial charge >= 0.3 is 0 Å². The number of benzene rings is 2. The van der Waals surface area contributed by atoms with Crippen LogP contribution >= 0.6 is 0 Å². The van der Waals surface area contributed by atoms with E-state index < -0.39 is 6.10 Å². The second-order valence-electron chi connectivity index (χ2n) is 7.50. The Bertz CT molecular complexity index is 792. The summed E-state index contributed by atoms with van der Waals surface area (Å²) in [7, 11) is 0. The molecular weight excluding hydrogens is 340 g/mol. The van der Waals surface area contributed by atoms with E-state index in [1.165, 1.54) is 5.56 Å². The summed E-state index contributed by atoms with van der Waals surface area (Å²) in [5.41, 5.74) is 1.72. The topological polar surface area (TPSA) is 67.4 Å². The van der Waals surface area contributed by atoms with Gasteiger partial charge in [-0.05, 0) is 63.9 Å². The summed E-state index contributed by atoms with van der Waals surface area (Å²) < 4.78 is 5.72. The number of hydrogen-bond acceptors (Lipinski definition) is 3. The van der Waals surface area contributed by atoms with Crippen LogP contribution in [0.15, 0.2) is 48.5 Å². The van der Waals surface area contributed by atoms with Crippen molar-refractivity contribution in [3.63, 3.8) is 0 Å². The van der Waals surface area contributed by atoms with Crippen molar-refractivity contribution in [1.29, 1.82) is 0 Å². The molecule has 0 aliphatic carbocycles. The highest BCUT2D eigenvalue weighted by Crippen LogP contribution is 2.18. The van der Waals surface area contributed by atoms with Crippen LogP contribution in [0.1, 0.15) is 50.5 Å². The molecular formula is C22H28N2O3. The fourth-order valence-corrected chi connectivity index (χ4v) is 2.49. The molecule has 0 aromatic heterocycles. The van der Waals surface area contributed by atoms with E-state index in [0.717, 1.165) is 6.42 Å². The zero-order valence-corrected chi connectivity index (χ0v) is 16.6. The lowest BCUT2D eigenvalue weighted by atomic mass is 10.1. The standard InChI is InChI=1S/C22H28N2O3/c1-6-16-11-13-17(14-12-16)27-15(2)20(25)23-19-10-8-7-9-18(19)21(26)24-22(3,4)5/h7-15H,6H2,1-5H3,(H,23,25)(H,24,26)/t15-/m0/s1. The summed E-state index contributed by atoms with van der Waals surface area (Å²) in [6.45, 7) is 9.49. The lowest BCUT2D eigenvalue weighted by Crippen LogP contribution is -2.41. The third-order valence-corrected chi connectivity index (χ3v) is 3.93. The maximum absolute atomic E-state index is 12.5. The molecule has 0 spiro atoms. The summed E-state index contributed by atoms with van der Waals surface area (Å²) in [5, 5.41) is 5.70. The summed E-state index contributed by atoms with van der Waals surface area (Å²) in [5.74, 6) is 0.0845. The molecule has 2 rings (SSSR count). The Morgan fingerprint density at radius 1 is 1.04 bits per heavy atom. The Labute approximate surface area is 161 Å². The smallest absolute Gasteiger partial charge is 0.265 e. The largest absolute Gasteiger partial charge is 0.481 e. The van der Waals surface area contributed by atoms with Crippen molar-refractivity contribution in [1.82, 2.24) is 5.32 Å². The number of rotatable bonds is 6. The van der Waals surface area contributed by atoms with Crippen LogP contribution in [0.2, 0.25) is 0 Å². The highest BCUT2D eigenvalue weighted by Gasteiger charge is 2.21. The van der Waals surface area contributed by atoms with Gasteiger partial charge in [0.2, 0.25) is 0 Å². The molecule has 2 aromatic rings. The average Bonchev–Trinajstić information content (AvgIpc) is 2.61. The van der Waals surface area contributed by atoms with Gasteiger partial charge in [0.15, 0.2) is 6.10 Å². The van der Waals surface area contributed by atoms with Gasteiger partial charge in [-0.3, -0.25) is 9.59 Å². The van der Waals surface area contributed by atoms with Crippen LogP contribution in [-0.2, 0) is 11.2 Å². The molecule has 2 N–H and O–H groups in total. The summed E-state index contributed by atoms with van der Waals surface area (Å²) in [6, 6.07) is 14.6. The SMILES string of the molecule is CCc1ccc(O[C@@H](C)C(=O)Nc2ccccc2C(=O)NC(C)(C)C)cc1. The van der Waals surface area contributed by atoms with Crippen molar-refractivity contribution in [2.75, 3.05) is 5.32 Å². The first kappa shape index (κ1) is 20.5. The van der Waals surface area contributed by atoms with Crippen molar-refractivity contribution in [2.24, 2.45) is 0 Å². The Morgan fingerprint density at radius 3 is 2.26 bits per heavy atom. The van der Waals surface area contributed by atoms with E-state index in [1.807, 2.05) is 45.0 Å². The highest BCUT2D eigenvalue weighted by atomic mass is 16.5. The number of nitrogens with one attached hydrogen (secondary N) is 2. The van der Waals surface area contributed by atoms with Crippen molar-refractivity contribution < 1.29 is 14.3 Å². The lowest BCUT2D eigenvalue weighted by molar-refractivity contribution is -0.122. The lowest BCUT2D eigenvalue weighted by Gasteiger charge is -2.22. The number of aryl methyl sites for hydroxylation is 1. The zero-order valence-electron chi connectivity index (χ0n) is 16.6. The van der Waals surface area contributed by atoms with Crippen LogP contribution in [0.3, 0.4) is 0 Å². The summed E-state index contributed by atoms with van der Waals surface area (Å²) >= 11 is 0. The van der Waals surface area contributed by atoms with Gasteiger partial charge in [0.05, 0.1) is 11.3 Å². The zero-order chi connectivity index (χ0) is 20.0. The maximum atomic E-state index is 12.5. The molecule has 0 radical (unpaired) electrons. The number of para-hydroxylation sites is 1. The molecule has 0 bridgehead atoms. The molecule has 0 aliphatic rings. The van der Waals surface area contributed by atoms with E-state index in [-0.39, 0.29) is 17.4 Å². The van der Waals surface area contributed by atoms with E-state index in [1.54, 1.807) is 31.2 Å². The Balaban J connectivity index is 2.07. The third kappa shape index (κ3) is 6.13. The Hall–Kier alpha value is -2.82. The molecule has 27 heavy (non-hydrogen) atoms. The summed E-state index contributed by atoms with van der Waals surface area (Å²) in [4.78, 5) is 25.0. The molecule has 0 aliphatic heterocycles. The van der Waals surface area contributed by atoms with E-state index in [9.17, 15) is 9.59 Å². The van der Waals surface area contributed by atoms with Crippen molar-refractivity contribution in [3.05, 3.63) is 59.7 Å². The molecule has 0 heterocycles. The van der Waals surface area contributed by atoms with Crippen molar-refractivity contribution >= 4 is 17.5 Å². The van der Waals surface area contributed by atoms with E-state index >= 15 is 0 Å². The third-order valence-electron chi connectivity index (χ3n) is 3.93. The van der Waals surface area contributed by atoms with Crippen LogP contribution in [0.5, 0.6) is 5.75 Å². The van der Waals surface area contributed by atoms with Gasteiger partial charge in [-0.15, -0.1) is 0 Å². The predicted octanol–water partition coefficient (Wildman–Crippen LogP) is 4.18. The first-order valence-corrected chi connectivity index (χ1v) is 9.17. The quantitative estimate of drug-likeness (QED) is 0.804. The van der Waals surface area contributed by atoms with Crippen LogP contribution in [-0.4, -0.2) is 23.5 Å². The minimum Gasteiger partial charge on any atom is -0.481 e. The maximum Gasteiger partial charge on any atom is 0.265 e. The number of hydrogen-bond donors (Lipinski definition) is 2. The van der Waals surface area contributed by atoms with E-state index in [0.29, 0.717) is 17.0 Å².